The van der Waals surface area contributed by atoms with Crippen molar-refractivity contribution >= 4 is 44.3 Å². The molecular weight excluding hydrogens is 636 g/mol. The summed E-state index contributed by atoms with van der Waals surface area (Å²) in [6, 6.07) is 5.58. The van der Waals surface area contributed by atoms with Crippen molar-refractivity contribution in [3.63, 3.8) is 0 Å². The number of benzene rings is 2. The highest BCUT2D eigenvalue weighted by Crippen LogP contribution is 2.41. The van der Waals surface area contributed by atoms with E-state index in [9.17, 15) is 23.3 Å². The van der Waals surface area contributed by atoms with E-state index in [1.165, 1.54) is 44.8 Å². The van der Waals surface area contributed by atoms with Crippen molar-refractivity contribution in [1.82, 2.24) is 19.2 Å². The van der Waals surface area contributed by atoms with Gasteiger partial charge in [0.15, 0.2) is 5.82 Å². The molecule has 252 valence electrons. The number of hydrogen-bond acceptors (Lipinski definition) is 9. The molecule has 47 heavy (non-hydrogen) atoms. The van der Waals surface area contributed by atoms with Gasteiger partial charge in [0.1, 0.15) is 34.1 Å². The summed E-state index contributed by atoms with van der Waals surface area (Å²) in [7, 11) is -2.90. The summed E-state index contributed by atoms with van der Waals surface area (Å²) in [5.41, 5.74) is -4.68. The maximum absolute atomic E-state index is 16.7. The summed E-state index contributed by atoms with van der Waals surface area (Å²) < 4.78 is 74.2. The Morgan fingerprint density at radius 2 is 1.96 bits per heavy atom. The van der Waals surface area contributed by atoms with E-state index in [1.807, 2.05) is 0 Å². The summed E-state index contributed by atoms with van der Waals surface area (Å²) >= 11 is 0. The van der Waals surface area contributed by atoms with E-state index in [0.717, 1.165) is 48.4 Å². The molecule has 1 atom stereocenters. The molecule has 13 nitrogen and oxygen atoms in total. The number of nitrogens with one attached hydrogen (secondary N) is 2. The lowest BCUT2D eigenvalue weighted by Gasteiger charge is -2.32. The molecule has 0 bridgehead atoms. The second-order valence-electron chi connectivity index (χ2n) is 12.6. The number of anilines is 3. The normalized spacial score (nSPS) is 18.0. The Morgan fingerprint density at radius 3 is 2.60 bits per heavy atom. The van der Waals surface area contributed by atoms with E-state index in [0.29, 0.717) is 11.3 Å². The molecule has 2 aromatic carbocycles. The van der Waals surface area contributed by atoms with Crippen LogP contribution in [0.5, 0.6) is 0 Å². The molecule has 5 rings (SSSR count). The number of aromatic nitrogens is 2. The molecule has 0 radical (unpaired) electrons. The van der Waals surface area contributed by atoms with Gasteiger partial charge in [0.2, 0.25) is 0 Å². The number of fused-ring (bicyclic) bond motifs is 1. The largest absolute Gasteiger partial charge is 0.443 e. The zero-order valence-corrected chi connectivity index (χ0v) is 27.6. The van der Waals surface area contributed by atoms with E-state index in [2.05, 4.69) is 15.0 Å². The highest BCUT2D eigenvalue weighted by molar-refractivity contribution is 7.90. The van der Waals surface area contributed by atoms with Gasteiger partial charge in [-0.2, -0.15) is 18.0 Å². The predicted octanol–water partition coefficient (Wildman–Crippen LogP) is 4.31. The molecule has 1 aromatic heterocycles. The Labute approximate surface area is 271 Å². The first-order chi connectivity index (χ1) is 22.1. The van der Waals surface area contributed by atoms with Crippen LogP contribution in [0.2, 0.25) is 0 Å². The number of rotatable bonds is 7. The summed E-state index contributed by atoms with van der Waals surface area (Å²) in [5.74, 6) is -2.37. The summed E-state index contributed by atoms with van der Waals surface area (Å²) in [6.07, 6.45) is 2.11. The summed E-state index contributed by atoms with van der Waals surface area (Å²) in [5, 5.41) is 13.0. The van der Waals surface area contributed by atoms with E-state index in [-0.39, 0.29) is 24.4 Å². The van der Waals surface area contributed by atoms with Crippen LogP contribution >= 0.6 is 0 Å². The fourth-order valence-electron chi connectivity index (χ4n) is 5.82. The molecule has 3 aromatic rings. The lowest BCUT2D eigenvalue weighted by Crippen LogP contribution is -2.41. The Kier molecular flexibility index (Phi) is 9.30. The van der Waals surface area contributed by atoms with Gasteiger partial charge in [-0.15, -0.1) is 0 Å². The number of carbonyl (C=O) groups excluding carboxylic acids is 1. The van der Waals surface area contributed by atoms with Crippen molar-refractivity contribution in [2.24, 2.45) is 0 Å². The van der Waals surface area contributed by atoms with Crippen LogP contribution in [0.1, 0.15) is 58.6 Å². The molecule has 3 heterocycles. The molecule has 2 aliphatic rings. The van der Waals surface area contributed by atoms with E-state index < -0.39 is 73.1 Å². The van der Waals surface area contributed by atoms with Crippen LogP contribution in [0, 0.1) is 23.0 Å². The summed E-state index contributed by atoms with van der Waals surface area (Å²) in [4.78, 5) is 32.4. The summed E-state index contributed by atoms with van der Waals surface area (Å²) in [6.45, 7) is 8.04. The molecule has 1 spiro atoms. The second kappa shape index (κ2) is 12.8. The van der Waals surface area contributed by atoms with Crippen LogP contribution in [0.25, 0.3) is 10.9 Å². The van der Waals surface area contributed by atoms with Crippen LogP contribution in [-0.4, -0.2) is 72.9 Å². The van der Waals surface area contributed by atoms with Gasteiger partial charge in [-0.05, 0) is 77.4 Å². The van der Waals surface area contributed by atoms with Crippen molar-refractivity contribution < 1.29 is 31.5 Å². The number of amides is 1. The lowest BCUT2D eigenvalue weighted by atomic mass is 9.88. The Bertz CT molecular complexity index is 1920. The first-order valence-electron chi connectivity index (χ1n) is 15.1. The van der Waals surface area contributed by atoms with Crippen LogP contribution in [0.4, 0.5) is 30.6 Å². The predicted molar refractivity (Wildman–Crippen MR) is 171 cm³/mol. The van der Waals surface area contributed by atoms with E-state index in [1.54, 1.807) is 13.0 Å². The molecule has 0 unspecified atom stereocenters. The minimum absolute atomic E-state index is 0.0165. The van der Waals surface area contributed by atoms with Crippen molar-refractivity contribution in [3.8, 4) is 6.07 Å². The number of halogens is 2. The third-order valence-electron chi connectivity index (χ3n) is 8.34. The second-order valence-corrected chi connectivity index (χ2v) is 14.4. The molecule has 16 heteroatoms. The van der Waals surface area contributed by atoms with Gasteiger partial charge in [0, 0.05) is 13.6 Å². The molecule has 2 saturated heterocycles. The number of hydrogen-bond donors (Lipinski definition) is 2. The van der Waals surface area contributed by atoms with E-state index >= 15 is 8.78 Å². The third-order valence-corrected chi connectivity index (χ3v) is 9.90. The van der Waals surface area contributed by atoms with Crippen LogP contribution in [0.15, 0.2) is 35.4 Å². The smallest absolute Gasteiger partial charge is 0.419 e. The van der Waals surface area contributed by atoms with Crippen LogP contribution < -0.4 is 20.5 Å². The van der Waals surface area contributed by atoms with Gasteiger partial charge in [-0.3, -0.25) is 14.1 Å². The molecule has 2 fully saturated rings. The van der Waals surface area contributed by atoms with Crippen molar-refractivity contribution in [2.75, 3.05) is 42.9 Å². The van der Waals surface area contributed by atoms with Crippen molar-refractivity contribution in [1.29, 1.82) is 5.26 Å². The highest BCUT2D eigenvalue weighted by atomic mass is 32.2. The molecular formula is C31H37F2N7O6S. The molecule has 2 aliphatic heterocycles. The fraction of sp³-hybridized carbons (Fsp3) is 0.484. The number of nitrogens with zero attached hydrogens (tertiary/aromatic N) is 5. The Hall–Kier alpha value is -4.17. The third kappa shape index (κ3) is 6.66. The van der Waals surface area contributed by atoms with Crippen molar-refractivity contribution in [3.05, 3.63) is 58.1 Å². The van der Waals surface area contributed by atoms with Crippen molar-refractivity contribution in [2.45, 2.75) is 64.2 Å². The quantitative estimate of drug-likeness (QED) is 0.373. The van der Waals surface area contributed by atoms with Gasteiger partial charge >= 0.3 is 16.3 Å². The Morgan fingerprint density at radius 1 is 1.26 bits per heavy atom. The number of carbonyl (C=O) groups is 1. The maximum atomic E-state index is 16.7. The van der Waals surface area contributed by atoms with E-state index in [4.69, 9.17) is 9.47 Å². The minimum atomic E-state index is -4.20. The lowest BCUT2D eigenvalue weighted by molar-refractivity contribution is -0.0196. The molecule has 2 N–H and O–H groups in total. The average molecular weight is 674 g/mol. The maximum Gasteiger partial charge on any atom is 0.419 e. The number of ether oxygens (including phenoxy) is 2. The van der Waals surface area contributed by atoms with Crippen LogP contribution in [-0.2, 0) is 19.7 Å². The molecule has 1 amide bonds. The first kappa shape index (κ1) is 34.2. The minimum Gasteiger partial charge on any atom is -0.443 e. The standard InChI is InChI=1S/C31H37F2N7O6S/c1-6-38(5)47(43,44)37-22-8-7-21(32)27(20(22)16-34)40(29(42)46-30(2,3)4)24-10-9-23-25(26(24)33)28(41)39(18-36-23)19-15-31(45-17-19)11-13-35-14-12-31/h7-10,18-19,35,37H,6,11-15,17H2,1-5H3/t19-/m1/s1. The zero-order chi connectivity index (χ0) is 34.3. The molecule has 0 aliphatic carbocycles. The van der Waals surface area contributed by atoms with Gasteiger partial charge in [0.25, 0.3) is 5.56 Å². The Balaban J connectivity index is 1.68. The zero-order valence-electron chi connectivity index (χ0n) is 26.8. The highest BCUT2D eigenvalue weighted by Gasteiger charge is 2.42. The number of nitriles is 1. The first-order valence-corrected chi connectivity index (χ1v) is 16.6. The van der Waals surface area contributed by atoms with Gasteiger partial charge in [-0.25, -0.2) is 23.5 Å². The van der Waals surface area contributed by atoms with Gasteiger partial charge in [0.05, 0.1) is 41.5 Å². The SMILES string of the molecule is CCN(C)S(=O)(=O)Nc1ccc(F)c(N(C(=O)OC(C)(C)C)c2ccc3ncn([C@H]4COC5(CCNCC5)C4)c(=O)c3c2F)c1C#N. The van der Waals surface area contributed by atoms with Gasteiger partial charge in [-0.1, -0.05) is 6.92 Å². The molecule has 0 saturated carbocycles. The monoisotopic (exact) mass is 673 g/mol. The van der Waals surface area contributed by atoms with Gasteiger partial charge < -0.3 is 14.8 Å². The topological polar surface area (TPSA) is 159 Å². The average Bonchev–Trinajstić information content (AvgIpc) is 3.41. The fourth-order valence-corrected chi connectivity index (χ4v) is 6.77. The van der Waals surface area contributed by atoms with Crippen LogP contribution in [0.3, 0.4) is 0 Å². The number of piperidine rings is 1.